The number of pyridine rings is 1. The van der Waals surface area contributed by atoms with Crippen LogP contribution in [-0.2, 0) is 0 Å². The summed E-state index contributed by atoms with van der Waals surface area (Å²) in [6.45, 7) is 2.23. The van der Waals surface area contributed by atoms with Crippen LogP contribution in [0.25, 0.3) is 11.3 Å². The molecule has 0 aliphatic heterocycles. The molecule has 6 nitrogen and oxygen atoms in total. The van der Waals surface area contributed by atoms with Gasteiger partial charge in [-0.2, -0.15) is 0 Å². The van der Waals surface area contributed by atoms with Gasteiger partial charge in [0, 0.05) is 18.0 Å². The standard InChI is InChI=1S/C15H18N4O2/c1-10-4-2-6-12(8-10)19-14(11-5-3-7-16-9-11)13(15(20)21)17-18-19/h3,5,7,9-10,12H,2,4,6,8H2,1H3,(H,20,21). The lowest BCUT2D eigenvalue weighted by Crippen LogP contribution is -2.19. The van der Waals surface area contributed by atoms with Crippen molar-refractivity contribution in [2.24, 2.45) is 5.92 Å². The molecule has 0 bridgehead atoms. The summed E-state index contributed by atoms with van der Waals surface area (Å²) in [5.41, 5.74) is 1.31. The van der Waals surface area contributed by atoms with Gasteiger partial charge in [-0.05, 0) is 30.9 Å². The number of carboxylic acid groups (broad SMARTS) is 1. The monoisotopic (exact) mass is 286 g/mol. The van der Waals surface area contributed by atoms with Crippen LogP contribution in [0.15, 0.2) is 24.5 Å². The third-order valence-electron chi connectivity index (χ3n) is 4.09. The lowest BCUT2D eigenvalue weighted by atomic mass is 9.87. The number of aromatic carboxylic acids is 1. The van der Waals surface area contributed by atoms with Crippen molar-refractivity contribution in [2.75, 3.05) is 0 Å². The third kappa shape index (κ3) is 2.66. The molecule has 2 aromatic heterocycles. The maximum absolute atomic E-state index is 11.4. The van der Waals surface area contributed by atoms with E-state index in [-0.39, 0.29) is 11.7 Å². The molecular formula is C15H18N4O2. The Labute approximate surface area is 122 Å². The van der Waals surface area contributed by atoms with E-state index in [4.69, 9.17) is 0 Å². The quantitative estimate of drug-likeness (QED) is 0.938. The second-order valence-electron chi connectivity index (χ2n) is 5.70. The summed E-state index contributed by atoms with van der Waals surface area (Å²) in [6.07, 6.45) is 7.71. The molecule has 2 heterocycles. The van der Waals surface area contributed by atoms with E-state index in [0.29, 0.717) is 11.6 Å². The fourth-order valence-corrected chi connectivity index (χ4v) is 3.09. The number of carbonyl (C=O) groups is 1. The maximum Gasteiger partial charge on any atom is 0.358 e. The lowest BCUT2D eigenvalue weighted by molar-refractivity contribution is 0.0691. The van der Waals surface area contributed by atoms with Crippen LogP contribution in [0.2, 0.25) is 0 Å². The van der Waals surface area contributed by atoms with Crippen molar-refractivity contribution in [2.45, 2.75) is 38.6 Å². The Hall–Kier alpha value is -2.24. The van der Waals surface area contributed by atoms with E-state index in [2.05, 4.69) is 22.2 Å². The van der Waals surface area contributed by atoms with Gasteiger partial charge < -0.3 is 5.11 Å². The van der Waals surface area contributed by atoms with Gasteiger partial charge in [0.1, 0.15) is 5.69 Å². The number of hydrogen-bond donors (Lipinski definition) is 1. The highest BCUT2D eigenvalue weighted by Gasteiger charge is 2.28. The summed E-state index contributed by atoms with van der Waals surface area (Å²) in [5, 5.41) is 17.4. The SMILES string of the molecule is CC1CCCC(n2nnc(C(=O)O)c2-c2cccnc2)C1. The molecule has 3 rings (SSSR count). The van der Waals surface area contributed by atoms with Crippen LogP contribution in [0.3, 0.4) is 0 Å². The van der Waals surface area contributed by atoms with Gasteiger partial charge in [-0.25, -0.2) is 9.48 Å². The van der Waals surface area contributed by atoms with Crippen LogP contribution in [0, 0.1) is 5.92 Å². The summed E-state index contributed by atoms with van der Waals surface area (Å²) in [6, 6.07) is 3.85. The number of aromatic nitrogens is 4. The molecule has 1 fully saturated rings. The molecule has 6 heteroatoms. The molecule has 0 radical (unpaired) electrons. The van der Waals surface area contributed by atoms with Crippen LogP contribution in [0.1, 0.15) is 49.1 Å². The van der Waals surface area contributed by atoms with Crippen molar-refractivity contribution in [1.29, 1.82) is 0 Å². The normalized spacial score (nSPS) is 22.1. The summed E-state index contributed by atoms with van der Waals surface area (Å²) < 4.78 is 1.79. The van der Waals surface area contributed by atoms with E-state index in [9.17, 15) is 9.90 Å². The Morgan fingerprint density at radius 1 is 1.43 bits per heavy atom. The molecule has 1 N–H and O–H groups in total. The minimum atomic E-state index is -1.05. The maximum atomic E-state index is 11.4. The Kier molecular flexibility index (Phi) is 3.68. The average Bonchev–Trinajstić information content (AvgIpc) is 2.93. The highest BCUT2D eigenvalue weighted by Crippen LogP contribution is 2.35. The summed E-state index contributed by atoms with van der Waals surface area (Å²) in [5.74, 6) is -0.424. The van der Waals surface area contributed by atoms with Gasteiger partial charge in [-0.3, -0.25) is 4.98 Å². The summed E-state index contributed by atoms with van der Waals surface area (Å²) in [7, 11) is 0. The van der Waals surface area contributed by atoms with Crippen LogP contribution in [0.4, 0.5) is 0 Å². The highest BCUT2D eigenvalue weighted by molar-refractivity contribution is 5.92. The van der Waals surface area contributed by atoms with E-state index in [1.54, 1.807) is 23.1 Å². The second-order valence-corrected chi connectivity index (χ2v) is 5.70. The van der Waals surface area contributed by atoms with Gasteiger partial charge in [0.25, 0.3) is 0 Å². The fourth-order valence-electron chi connectivity index (χ4n) is 3.09. The van der Waals surface area contributed by atoms with Crippen molar-refractivity contribution in [3.05, 3.63) is 30.2 Å². The van der Waals surface area contributed by atoms with Crippen molar-refractivity contribution in [3.8, 4) is 11.3 Å². The minimum Gasteiger partial charge on any atom is -0.476 e. The lowest BCUT2D eigenvalue weighted by Gasteiger charge is -2.27. The topological polar surface area (TPSA) is 80.9 Å². The second kappa shape index (κ2) is 5.63. The van der Waals surface area contributed by atoms with E-state index in [0.717, 1.165) is 24.8 Å². The Morgan fingerprint density at radius 2 is 2.29 bits per heavy atom. The van der Waals surface area contributed by atoms with E-state index in [1.165, 1.54) is 6.42 Å². The van der Waals surface area contributed by atoms with Crippen molar-refractivity contribution in [1.82, 2.24) is 20.0 Å². The van der Waals surface area contributed by atoms with Gasteiger partial charge in [0.05, 0.1) is 6.04 Å². The summed E-state index contributed by atoms with van der Waals surface area (Å²) in [4.78, 5) is 15.5. The van der Waals surface area contributed by atoms with Gasteiger partial charge in [-0.15, -0.1) is 5.10 Å². The molecule has 21 heavy (non-hydrogen) atoms. The number of nitrogens with zero attached hydrogens (tertiary/aromatic N) is 4. The fraction of sp³-hybridized carbons (Fsp3) is 0.467. The Morgan fingerprint density at radius 3 is 2.95 bits per heavy atom. The van der Waals surface area contributed by atoms with Crippen molar-refractivity contribution >= 4 is 5.97 Å². The van der Waals surface area contributed by atoms with Crippen LogP contribution in [-0.4, -0.2) is 31.1 Å². The molecule has 1 aliphatic rings. The molecule has 2 unspecified atom stereocenters. The van der Waals surface area contributed by atoms with Crippen LogP contribution < -0.4 is 0 Å². The van der Waals surface area contributed by atoms with Gasteiger partial charge in [0.2, 0.25) is 0 Å². The molecule has 0 spiro atoms. The molecule has 2 atom stereocenters. The molecule has 0 saturated heterocycles. The zero-order valence-electron chi connectivity index (χ0n) is 11.9. The predicted molar refractivity (Wildman–Crippen MR) is 76.9 cm³/mol. The largest absolute Gasteiger partial charge is 0.476 e. The average molecular weight is 286 g/mol. The molecule has 0 aromatic carbocycles. The molecule has 2 aromatic rings. The first-order valence-electron chi connectivity index (χ1n) is 7.25. The minimum absolute atomic E-state index is 0.00114. The first kappa shape index (κ1) is 13.7. The van der Waals surface area contributed by atoms with E-state index < -0.39 is 5.97 Å². The molecule has 0 amide bonds. The molecular weight excluding hydrogens is 268 g/mol. The van der Waals surface area contributed by atoms with Gasteiger partial charge in [-0.1, -0.05) is 25.0 Å². The number of hydrogen-bond acceptors (Lipinski definition) is 4. The first-order valence-corrected chi connectivity index (χ1v) is 7.25. The van der Waals surface area contributed by atoms with E-state index >= 15 is 0 Å². The zero-order chi connectivity index (χ0) is 14.8. The predicted octanol–water partition coefficient (Wildman–Crippen LogP) is 2.79. The number of rotatable bonds is 3. The number of carboxylic acids is 1. The molecule has 1 aliphatic carbocycles. The Balaban J connectivity index is 2.07. The van der Waals surface area contributed by atoms with Crippen LogP contribution in [0.5, 0.6) is 0 Å². The van der Waals surface area contributed by atoms with Gasteiger partial charge >= 0.3 is 5.97 Å². The van der Waals surface area contributed by atoms with Crippen molar-refractivity contribution < 1.29 is 9.90 Å². The van der Waals surface area contributed by atoms with Gasteiger partial charge in [0.15, 0.2) is 5.69 Å². The smallest absolute Gasteiger partial charge is 0.358 e. The highest BCUT2D eigenvalue weighted by atomic mass is 16.4. The molecule has 110 valence electrons. The van der Waals surface area contributed by atoms with Crippen LogP contribution >= 0.6 is 0 Å². The zero-order valence-corrected chi connectivity index (χ0v) is 11.9. The van der Waals surface area contributed by atoms with E-state index in [1.807, 2.05) is 6.07 Å². The third-order valence-corrected chi connectivity index (χ3v) is 4.09. The Bertz CT molecular complexity index is 638. The summed E-state index contributed by atoms with van der Waals surface area (Å²) >= 11 is 0. The van der Waals surface area contributed by atoms with Crippen molar-refractivity contribution in [3.63, 3.8) is 0 Å². The first-order chi connectivity index (χ1) is 10.2. The molecule has 1 saturated carbocycles.